The fraction of sp³-hybridized carbons (Fsp3) is 0.263. The normalized spacial score (nSPS) is 13.0. The first-order valence-electron chi connectivity index (χ1n) is 8.32. The lowest BCUT2D eigenvalue weighted by Crippen LogP contribution is -2.25. The van der Waals surface area contributed by atoms with E-state index < -0.39 is 0 Å². The topological polar surface area (TPSA) is 60.5 Å². The molecule has 128 valence electrons. The van der Waals surface area contributed by atoms with Crippen molar-refractivity contribution < 1.29 is 14.3 Å². The highest BCUT2D eigenvalue weighted by atomic mass is 32.1. The van der Waals surface area contributed by atoms with Crippen LogP contribution < -0.4 is 14.8 Å². The van der Waals surface area contributed by atoms with E-state index in [9.17, 15) is 4.79 Å². The van der Waals surface area contributed by atoms with E-state index in [1.807, 2.05) is 18.2 Å². The van der Waals surface area contributed by atoms with Gasteiger partial charge < -0.3 is 14.8 Å². The summed E-state index contributed by atoms with van der Waals surface area (Å²) in [6.07, 6.45) is 1.72. The second-order valence-electron chi connectivity index (χ2n) is 5.79. The molecular formula is C19H18N2O3S. The molecule has 2 heterocycles. The van der Waals surface area contributed by atoms with E-state index >= 15 is 0 Å². The molecule has 25 heavy (non-hydrogen) atoms. The van der Waals surface area contributed by atoms with Gasteiger partial charge in [-0.05, 0) is 36.8 Å². The molecule has 6 heteroatoms. The Hall–Kier alpha value is -2.60. The van der Waals surface area contributed by atoms with E-state index in [-0.39, 0.29) is 5.91 Å². The zero-order valence-electron chi connectivity index (χ0n) is 13.7. The second kappa shape index (κ2) is 7.11. The summed E-state index contributed by atoms with van der Waals surface area (Å²) in [6.45, 7) is 1.67. The zero-order chi connectivity index (χ0) is 17.1. The maximum atomic E-state index is 12.3. The molecule has 4 rings (SSSR count). The number of aromatic nitrogens is 1. The van der Waals surface area contributed by atoms with Crippen molar-refractivity contribution in [2.75, 3.05) is 19.8 Å². The number of amides is 1. The SMILES string of the molecule is O=C(NCCCc1nc2ccccc2s1)c1ccc2c(c1)OCCO2. The molecule has 0 bridgehead atoms. The van der Waals surface area contributed by atoms with Crippen molar-refractivity contribution >= 4 is 27.5 Å². The largest absolute Gasteiger partial charge is 0.486 e. The van der Waals surface area contributed by atoms with Crippen LogP contribution in [0.3, 0.4) is 0 Å². The quantitative estimate of drug-likeness (QED) is 0.713. The summed E-state index contributed by atoms with van der Waals surface area (Å²) in [5.74, 6) is 1.23. The Balaban J connectivity index is 1.30. The van der Waals surface area contributed by atoms with Crippen LogP contribution in [0, 0.1) is 0 Å². The van der Waals surface area contributed by atoms with Crippen molar-refractivity contribution in [3.05, 3.63) is 53.0 Å². The van der Waals surface area contributed by atoms with Crippen molar-refractivity contribution in [1.82, 2.24) is 10.3 Å². The number of benzene rings is 2. The number of rotatable bonds is 5. The minimum absolute atomic E-state index is 0.0960. The highest BCUT2D eigenvalue weighted by molar-refractivity contribution is 7.18. The van der Waals surface area contributed by atoms with Gasteiger partial charge in [0.25, 0.3) is 5.91 Å². The average molecular weight is 354 g/mol. The molecule has 0 unspecified atom stereocenters. The Labute approximate surface area is 149 Å². The van der Waals surface area contributed by atoms with E-state index in [0.717, 1.165) is 23.4 Å². The Bertz CT molecular complexity index is 874. The van der Waals surface area contributed by atoms with Gasteiger partial charge in [-0.3, -0.25) is 4.79 Å². The minimum atomic E-state index is -0.0960. The van der Waals surface area contributed by atoms with Gasteiger partial charge in [-0.15, -0.1) is 11.3 Å². The Morgan fingerprint density at radius 2 is 1.96 bits per heavy atom. The summed E-state index contributed by atoms with van der Waals surface area (Å²) >= 11 is 1.71. The van der Waals surface area contributed by atoms with Crippen LogP contribution in [0.25, 0.3) is 10.2 Å². The minimum Gasteiger partial charge on any atom is -0.486 e. The number of aryl methyl sites for hydroxylation is 1. The molecule has 0 spiro atoms. The van der Waals surface area contributed by atoms with Crippen LogP contribution in [0.1, 0.15) is 21.8 Å². The van der Waals surface area contributed by atoms with E-state index in [4.69, 9.17) is 9.47 Å². The first-order valence-corrected chi connectivity index (χ1v) is 9.13. The monoisotopic (exact) mass is 354 g/mol. The van der Waals surface area contributed by atoms with Gasteiger partial charge in [0.15, 0.2) is 11.5 Å². The molecule has 2 aromatic carbocycles. The predicted octanol–water partition coefficient (Wildman–Crippen LogP) is 3.43. The van der Waals surface area contributed by atoms with Crippen molar-refractivity contribution in [3.8, 4) is 11.5 Å². The molecule has 0 radical (unpaired) electrons. The number of carbonyl (C=O) groups is 1. The number of fused-ring (bicyclic) bond motifs is 2. The molecule has 1 aromatic heterocycles. The van der Waals surface area contributed by atoms with Gasteiger partial charge >= 0.3 is 0 Å². The maximum absolute atomic E-state index is 12.3. The molecule has 0 saturated heterocycles. The molecular weight excluding hydrogens is 336 g/mol. The van der Waals surface area contributed by atoms with Crippen molar-refractivity contribution in [3.63, 3.8) is 0 Å². The van der Waals surface area contributed by atoms with Crippen LogP contribution in [-0.4, -0.2) is 30.6 Å². The summed E-state index contributed by atoms with van der Waals surface area (Å²) in [5.41, 5.74) is 1.63. The van der Waals surface area contributed by atoms with Crippen molar-refractivity contribution in [2.24, 2.45) is 0 Å². The van der Waals surface area contributed by atoms with Gasteiger partial charge in [0.1, 0.15) is 13.2 Å². The fourth-order valence-electron chi connectivity index (χ4n) is 2.76. The number of thiazole rings is 1. The van der Waals surface area contributed by atoms with Gasteiger partial charge in [-0.1, -0.05) is 12.1 Å². The summed E-state index contributed by atoms with van der Waals surface area (Å²) in [6, 6.07) is 13.4. The number of ether oxygens (including phenoxy) is 2. The first-order chi connectivity index (χ1) is 12.3. The molecule has 1 aliphatic rings. The summed E-state index contributed by atoms with van der Waals surface area (Å²) in [4.78, 5) is 16.9. The lowest BCUT2D eigenvalue weighted by atomic mass is 10.1. The van der Waals surface area contributed by atoms with Crippen molar-refractivity contribution in [2.45, 2.75) is 12.8 Å². The molecule has 1 amide bonds. The first kappa shape index (κ1) is 15.9. The Kier molecular flexibility index (Phi) is 4.52. The number of para-hydroxylation sites is 1. The van der Waals surface area contributed by atoms with E-state index in [1.54, 1.807) is 29.5 Å². The Morgan fingerprint density at radius 1 is 1.12 bits per heavy atom. The highest BCUT2D eigenvalue weighted by Gasteiger charge is 2.14. The van der Waals surface area contributed by atoms with E-state index in [0.29, 0.717) is 36.8 Å². The smallest absolute Gasteiger partial charge is 0.251 e. The molecule has 1 N–H and O–H groups in total. The predicted molar refractivity (Wildman–Crippen MR) is 97.7 cm³/mol. The molecule has 3 aromatic rings. The van der Waals surface area contributed by atoms with Crippen LogP contribution in [0.5, 0.6) is 11.5 Å². The third-order valence-corrected chi connectivity index (χ3v) is 5.09. The lowest BCUT2D eigenvalue weighted by Gasteiger charge is -2.18. The number of nitrogens with zero attached hydrogens (tertiary/aromatic N) is 1. The van der Waals surface area contributed by atoms with Crippen molar-refractivity contribution in [1.29, 1.82) is 0 Å². The molecule has 5 nitrogen and oxygen atoms in total. The van der Waals surface area contributed by atoms with Crippen LogP contribution >= 0.6 is 11.3 Å². The Morgan fingerprint density at radius 3 is 2.84 bits per heavy atom. The third kappa shape index (κ3) is 3.58. The third-order valence-electron chi connectivity index (χ3n) is 4.00. The van der Waals surface area contributed by atoms with Crippen LogP contribution in [0.15, 0.2) is 42.5 Å². The number of carbonyl (C=O) groups excluding carboxylic acids is 1. The molecule has 0 atom stereocenters. The van der Waals surface area contributed by atoms with Gasteiger partial charge in [0, 0.05) is 18.5 Å². The molecule has 1 aliphatic heterocycles. The van der Waals surface area contributed by atoms with Crippen LogP contribution in [0.4, 0.5) is 0 Å². The summed E-state index contributed by atoms with van der Waals surface area (Å²) in [5, 5.41) is 4.06. The van der Waals surface area contributed by atoms with Crippen LogP contribution in [0.2, 0.25) is 0 Å². The lowest BCUT2D eigenvalue weighted by molar-refractivity contribution is 0.0952. The highest BCUT2D eigenvalue weighted by Crippen LogP contribution is 2.30. The molecule has 0 saturated carbocycles. The van der Waals surface area contributed by atoms with Gasteiger partial charge in [0.2, 0.25) is 0 Å². The van der Waals surface area contributed by atoms with Gasteiger partial charge in [0.05, 0.1) is 15.2 Å². The summed E-state index contributed by atoms with van der Waals surface area (Å²) < 4.78 is 12.2. The van der Waals surface area contributed by atoms with E-state index in [1.165, 1.54) is 4.70 Å². The standard InChI is InChI=1S/C19H18N2O3S/c22-19(13-7-8-15-16(12-13)24-11-10-23-15)20-9-3-6-18-21-14-4-1-2-5-17(14)25-18/h1-2,4-5,7-8,12H,3,6,9-11H2,(H,20,22). The van der Waals surface area contributed by atoms with E-state index in [2.05, 4.69) is 16.4 Å². The average Bonchev–Trinajstić information content (AvgIpc) is 3.07. The number of nitrogens with one attached hydrogen (secondary N) is 1. The van der Waals surface area contributed by atoms with Gasteiger partial charge in [-0.25, -0.2) is 4.98 Å². The van der Waals surface area contributed by atoms with Gasteiger partial charge in [-0.2, -0.15) is 0 Å². The fourth-order valence-corrected chi connectivity index (χ4v) is 3.76. The molecule has 0 fully saturated rings. The van der Waals surface area contributed by atoms with Crippen LogP contribution in [-0.2, 0) is 6.42 Å². The zero-order valence-corrected chi connectivity index (χ0v) is 14.5. The second-order valence-corrected chi connectivity index (χ2v) is 6.91. The molecule has 0 aliphatic carbocycles. The maximum Gasteiger partial charge on any atom is 0.251 e. The number of hydrogen-bond donors (Lipinski definition) is 1. The summed E-state index contributed by atoms with van der Waals surface area (Å²) in [7, 11) is 0. The number of hydrogen-bond acceptors (Lipinski definition) is 5.